The van der Waals surface area contributed by atoms with Crippen LogP contribution in [0, 0.1) is 0 Å². The van der Waals surface area contributed by atoms with Crippen LogP contribution in [0.2, 0.25) is 0 Å². The van der Waals surface area contributed by atoms with Crippen molar-refractivity contribution in [3.8, 4) is 0 Å². The van der Waals surface area contributed by atoms with E-state index < -0.39 is 0 Å². The molecule has 0 saturated heterocycles. The molecule has 0 radical (unpaired) electrons. The van der Waals surface area contributed by atoms with Crippen LogP contribution in [0.3, 0.4) is 0 Å². The Morgan fingerprint density at radius 3 is 3.17 bits per heavy atom. The number of halogens is 1. The molecule has 2 rings (SSSR count). The van der Waals surface area contributed by atoms with Crippen LogP contribution in [-0.4, -0.2) is 16.2 Å². The van der Waals surface area contributed by atoms with Gasteiger partial charge in [0, 0.05) is 11.6 Å². The molecule has 0 spiro atoms. The van der Waals surface area contributed by atoms with E-state index in [0.717, 1.165) is 19.2 Å². The van der Waals surface area contributed by atoms with E-state index >= 15 is 0 Å². The maximum atomic E-state index is 4.35. The zero-order valence-corrected chi connectivity index (χ0v) is 9.46. The van der Waals surface area contributed by atoms with Crippen LogP contribution in [-0.2, 0) is 0 Å². The molecule has 2 aromatic rings. The SMILES string of the molecule is CSc1ncc2cc(Br)sc2n1. The second-order valence-corrected chi connectivity index (χ2v) is 5.35. The highest BCUT2D eigenvalue weighted by Gasteiger charge is 2.02. The van der Waals surface area contributed by atoms with Crippen molar-refractivity contribution in [2.24, 2.45) is 0 Å². The number of hydrogen-bond donors (Lipinski definition) is 0. The van der Waals surface area contributed by atoms with Gasteiger partial charge in [0.05, 0.1) is 3.79 Å². The monoisotopic (exact) mass is 260 g/mol. The van der Waals surface area contributed by atoms with Gasteiger partial charge in [-0.3, -0.25) is 0 Å². The summed E-state index contributed by atoms with van der Waals surface area (Å²) >= 11 is 6.61. The Kier molecular flexibility index (Phi) is 2.34. The van der Waals surface area contributed by atoms with E-state index in [0.29, 0.717) is 0 Å². The first kappa shape index (κ1) is 8.47. The molecule has 0 aliphatic carbocycles. The van der Waals surface area contributed by atoms with E-state index in [-0.39, 0.29) is 0 Å². The molecule has 0 unspecified atom stereocenters. The van der Waals surface area contributed by atoms with Crippen molar-refractivity contribution in [3.05, 3.63) is 16.0 Å². The number of hydrogen-bond acceptors (Lipinski definition) is 4. The van der Waals surface area contributed by atoms with Crippen molar-refractivity contribution in [1.29, 1.82) is 0 Å². The largest absolute Gasteiger partial charge is 0.230 e. The van der Waals surface area contributed by atoms with Crippen molar-refractivity contribution in [3.63, 3.8) is 0 Å². The van der Waals surface area contributed by atoms with Crippen LogP contribution in [0.5, 0.6) is 0 Å². The Hall–Kier alpha value is -0.130. The molecule has 62 valence electrons. The fourth-order valence-electron chi connectivity index (χ4n) is 0.883. The van der Waals surface area contributed by atoms with Crippen LogP contribution in [0.15, 0.2) is 21.2 Å². The third kappa shape index (κ3) is 1.48. The summed E-state index contributed by atoms with van der Waals surface area (Å²) < 4.78 is 1.10. The summed E-state index contributed by atoms with van der Waals surface area (Å²) in [5.41, 5.74) is 0. The normalized spacial score (nSPS) is 10.8. The Labute approximate surface area is 86.5 Å². The molecule has 0 saturated carbocycles. The van der Waals surface area contributed by atoms with Gasteiger partial charge in [-0.25, -0.2) is 9.97 Å². The average Bonchev–Trinajstić information content (AvgIpc) is 2.43. The molecule has 5 heteroatoms. The summed E-state index contributed by atoms with van der Waals surface area (Å²) in [6.45, 7) is 0. The summed E-state index contributed by atoms with van der Waals surface area (Å²) in [5, 5.41) is 1.93. The quantitative estimate of drug-likeness (QED) is 0.582. The number of fused-ring (bicyclic) bond motifs is 1. The average molecular weight is 261 g/mol. The van der Waals surface area contributed by atoms with Crippen LogP contribution in [0.25, 0.3) is 10.2 Å². The molecule has 0 aliphatic rings. The topological polar surface area (TPSA) is 25.8 Å². The van der Waals surface area contributed by atoms with E-state index in [1.54, 1.807) is 23.1 Å². The Bertz CT molecular complexity index is 413. The van der Waals surface area contributed by atoms with Gasteiger partial charge in [0.1, 0.15) is 4.83 Å². The molecule has 0 aliphatic heterocycles. The number of rotatable bonds is 1. The van der Waals surface area contributed by atoms with E-state index in [1.165, 1.54) is 0 Å². The highest BCUT2D eigenvalue weighted by Crippen LogP contribution is 2.28. The van der Waals surface area contributed by atoms with E-state index in [1.807, 2.05) is 18.5 Å². The standard InChI is InChI=1S/C7H5BrN2S2/c1-11-7-9-3-4-2-5(8)12-6(4)10-7/h2-3H,1H3. The molecule has 2 nitrogen and oxygen atoms in total. The number of aromatic nitrogens is 2. The second-order valence-electron chi connectivity index (χ2n) is 2.17. The Morgan fingerprint density at radius 1 is 1.58 bits per heavy atom. The lowest BCUT2D eigenvalue weighted by atomic mass is 10.4. The molecular formula is C7H5BrN2S2. The van der Waals surface area contributed by atoms with Gasteiger partial charge in [-0.15, -0.1) is 11.3 Å². The molecule has 0 fully saturated rings. The van der Waals surface area contributed by atoms with E-state index in [2.05, 4.69) is 25.9 Å². The summed E-state index contributed by atoms with van der Waals surface area (Å²) in [5.74, 6) is 0. The van der Waals surface area contributed by atoms with Gasteiger partial charge in [-0.1, -0.05) is 11.8 Å². The van der Waals surface area contributed by atoms with Crippen LogP contribution < -0.4 is 0 Å². The molecule has 0 N–H and O–H groups in total. The van der Waals surface area contributed by atoms with Crippen LogP contribution in [0.1, 0.15) is 0 Å². The lowest BCUT2D eigenvalue weighted by molar-refractivity contribution is 1.01. The maximum absolute atomic E-state index is 4.35. The van der Waals surface area contributed by atoms with Crippen molar-refractivity contribution in [2.45, 2.75) is 5.16 Å². The fraction of sp³-hybridized carbons (Fsp3) is 0.143. The second kappa shape index (κ2) is 3.32. The van der Waals surface area contributed by atoms with Crippen molar-refractivity contribution < 1.29 is 0 Å². The van der Waals surface area contributed by atoms with Gasteiger partial charge in [-0.2, -0.15) is 0 Å². The van der Waals surface area contributed by atoms with Gasteiger partial charge in [0.25, 0.3) is 0 Å². The van der Waals surface area contributed by atoms with Crippen molar-refractivity contribution in [1.82, 2.24) is 9.97 Å². The summed E-state index contributed by atoms with van der Waals surface area (Å²) in [4.78, 5) is 9.57. The zero-order chi connectivity index (χ0) is 8.55. The maximum Gasteiger partial charge on any atom is 0.188 e. The first-order valence-electron chi connectivity index (χ1n) is 3.25. The Balaban J connectivity index is 2.66. The highest BCUT2D eigenvalue weighted by atomic mass is 79.9. The summed E-state index contributed by atoms with van der Waals surface area (Å²) in [6, 6.07) is 2.03. The fourth-order valence-corrected chi connectivity index (χ4v) is 2.72. The predicted molar refractivity (Wildman–Crippen MR) is 56.9 cm³/mol. The van der Waals surface area contributed by atoms with E-state index in [9.17, 15) is 0 Å². The molecule has 0 bridgehead atoms. The van der Waals surface area contributed by atoms with Crippen LogP contribution >= 0.6 is 39.0 Å². The van der Waals surface area contributed by atoms with Gasteiger partial charge >= 0.3 is 0 Å². The van der Waals surface area contributed by atoms with Crippen LogP contribution in [0.4, 0.5) is 0 Å². The third-order valence-corrected chi connectivity index (χ3v) is 3.51. The first-order valence-corrected chi connectivity index (χ1v) is 6.09. The minimum absolute atomic E-state index is 0.830. The number of nitrogens with zero attached hydrogens (tertiary/aromatic N) is 2. The minimum atomic E-state index is 0.830. The van der Waals surface area contributed by atoms with Crippen molar-refractivity contribution in [2.75, 3.05) is 6.26 Å². The Morgan fingerprint density at radius 2 is 2.42 bits per heavy atom. The van der Waals surface area contributed by atoms with Gasteiger partial charge < -0.3 is 0 Å². The molecule has 2 aromatic heterocycles. The zero-order valence-electron chi connectivity index (χ0n) is 6.24. The molecular weight excluding hydrogens is 256 g/mol. The predicted octanol–water partition coefficient (Wildman–Crippen LogP) is 3.18. The molecule has 0 atom stereocenters. The van der Waals surface area contributed by atoms with Crippen molar-refractivity contribution >= 4 is 49.2 Å². The molecule has 0 amide bonds. The van der Waals surface area contributed by atoms with E-state index in [4.69, 9.17) is 0 Å². The smallest absolute Gasteiger partial charge is 0.188 e. The third-order valence-electron chi connectivity index (χ3n) is 1.40. The van der Waals surface area contributed by atoms with Gasteiger partial charge in [-0.05, 0) is 28.3 Å². The lowest BCUT2D eigenvalue weighted by Crippen LogP contribution is -1.81. The van der Waals surface area contributed by atoms with Gasteiger partial charge in [0.15, 0.2) is 5.16 Å². The number of thiophene rings is 1. The highest BCUT2D eigenvalue weighted by molar-refractivity contribution is 9.11. The molecule has 0 aromatic carbocycles. The molecule has 2 heterocycles. The first-order chi connectivity index (χ1) is 5.79. The lowest BCUT2D eigenvalue weighted by Gasteiger charge is -1.91. The number of thioether (sulfide) groups is 1. The summed E-state index contributed by atoms with van der Waals surface area (Å²) in [7, 11) is 0. The summed E-state index contributed by atoms with van der Waals surface area (Å²) in [6.07, 6.45) is 3.83. The molecule has 12 heavy (non-hydrogen) atoms. The minimum Gasteiger partial charge on any atom is -0.230 e. The van der Waals surface area contributed by atoms with Gasteiger partial charge in [0.2, 0.25) is 0 Å².